The predicted octanol–water partition coefficient (Wildman–Crippen LogP) is 1.01. The van der Waals surface area contributed by atoms with Crippen molar-refractivity contribution >= 4 is 11.9 Å². The summed E-state index contributed by atoms with van der Waals surface area (Å²) in [6, 6.07) is 3.36. The third kappa shape index (κ3) is 3.69. The van der Waals surface area contributed by atoms with Gasteiger partial charge in [0.05, 0.1) is 30.5 Å². The van der Waals surface area contributed by atoms with Crippen LogP contribution in [0.15, 0.2) is 24.5 Å². The van der Waals surface area contributed by atoms with Gasteiger partial charge in [0.15, 0.2) is 0 Å². The Labute approximate surface area is 145 Å². The number of nitrogens with one attached hydrogen (secondary N) is 1. The van der Waals surface area contributed by atoms with Gasteiger partial charge in [0.2, 0.25) is 11.8 Å². The summed E-state index contributed by atoms with van der Waals surface area (Å²) in [6.07, 6.45) is 4.05. The lowest BCUT2D eigenvalue weighted by Crippen LogP contribution is -2.41. The molecule has 1 saturated carbocycles. The Hall–Kier alpha value is -2.74. The van der Waals surface area contributed by atoms with Crippen molar-refractivity contribution in [3.8, 4) is 5.88 Å². The topological polar surface area (TPSA) is 123 Å². The standard InChI is InChI=1S/C17H21N5O3/c1-9-13(8-20-17(18)21-9)16(24)22-15(11-5-12(23)6-11)10-3-4-14(25-2)19-7-10/h3-4,7-8,11-12,15,23H,5-6H2,1-2H3,(H,22,24)(H2,18,20,21)/t11?,12?,15-/m1/s1. The fourth-order valence-corrected chi connectivity index (χ4v) is 3.00. The molecule has 3 rings (SSSR count). The molecule has 132 valence electrons. The highest BCUT2D eigenvalue weighted by atomic mass is 16.5. The maximum Gasteiger partial charge on any atom is 0.255 e. The minimum absolute atomic E-state index is 0.132. The van der Waals surface area contributed by atoms with Gasteiger partial charge in [-0.05, 0) is 31.2 Å². The highest BCUT2D eigenvalue weighted by Crippen LogP contribution is 2.38. The smallest absolute Gasteiger partial charge is 0.255 e. The molecule has 25 heavy (non-hydrogen) atoms. The molecule has 0 saturated heterocycles. The van der Waals surface area contributed by atoms with Gasteiger partial charge in [0.1, 0.15) is 0 Å². The summed E-state index contributed by atoms with van der Waals surface area (Å²) < 4.78 is 5.08. The Morgan fingerprint density at radius 2 is 2.12 bits per heavy atom. The number of methoxy groups -OCH3 is 1. The number of amides is 1. The average Bonchev–Trinajstić information content (AvgIpc) is 2.57. The molecule has 1 aliphatic rings. The van der Waals surface area contributed by atoms with E-state index >= 15 is 0 Å². The van der Waals surface area contributed by atoms with Gasteiger partial charge in [-0.1, -0.05) is 6.07 Å². The van der Waals surface area contributed by atoms with Crippen molar-refractivity contribution < 1.29 is 14.6 Å². The molecule has 0 bridgehead atoms. The molecule has 4 N–H and O–H groups in total. The number of rotatable bonds is 5. The summed E-state index contributed by atoms with van der Waals surface area (Å²) in [4.78, 5) is 24.8. The third-order valence-corrected chi connectivity index (χ3v) is 4.48. The van der Waals surface area contributed by atoms with Gasteiger partial charge in [-0.15, -0.1) is 0 Å². The molecule has 2 aromatic rings. The molecule has 1 aliphatic carbocycles. The van der Waals surface area contributed by atoms with E-state index in [4.69, 9.17) is 10.5 Å². The SMILES string of the molecule is COc1ccc([C@@H](NC(=O)c2cnc(N)nc2C)C2CC(O)C2)cn1. The van der Waals surface area contributed by atoms with Crippen LogP contribution in [0.4, 0.5) is 5.95 Å². The highest BCUT2D eigenvalue weighted by Gasteiger charge is 2.36. The Balaban J connectivity index is 1.83. The lowest BCUT2D eigenvalue weighted by atomic mass is 9.75. The second-order valence-corrected chi connectivity index (χ2v) is 6.20. The normalized spacial score (nSPS) is 20.4. The molecule has 0 unspecified atom stereocenters. The molecule has 2 aromatic heterocycles. The Morgan fingerprint density at radius 3 is 2.68 bits per heavy atom. The average molecular weight is 343 g/mol. The molecular weight excluding hydrogens is 322 g/mol. The quantitative estimate of drug-likeness (QED) is 0.740. The Kier molecular flexibility index (Phi) is 4.80. The second kappa shape index (κ2) is 7.02. The molecular formula is C17H21N5O3. The maximum atomic E-state index is 12.7. The van der Waals surface area contributed by atoms with E-state index in [1.807, 2.05) is 6.07 Å². The van der Waals surface area contributed by atoms with Crippen molar-refractivity contribution in [3.63, 3.8) is 0 Å². The van der Waals surface area contributed by atoms with Crippen LogP contribution in [0, 0.1) is 12.8 Å². The first-order valence-electron chi connectivity index (χ1n) is 8.06. The minimum atomic E-state index is -0.322. The molecule has 0 spiro atoms. The van der Waals surface area contributed by atoms with Gasteiger partial charge < -0.3 is 20.9 Å². The fourth-order valence-electron chi connectivity index (χ4n) is 3.00. The number of nitrogens with two attached hydrogens (primary N) is 1. The number of nitrogens with zero attached hydrogens (tertiary/aromatic N) is 3. The number of nitrogen functional groups attached to an aromatic ring is 1. The van der Waals surface area contributed by atoms with Gasteiger partial charge in [-0.2, -0.15) is 0 Å². The molecule has 0 aromatic carbocycles. The molecule has 1 amide bonds. The van der Waals surface area contributed by atoms with Crippen LogP contribution in [-0.4, -0.2) is 39.2 Å². The van der Waals surface area contributed by atoms with E-state index in [0.717, 1.165) is 5.56 Å². The van der Waals surface area contributed by atoms with E-state index in [1.54, 1.807) is 26.3 Å². The largest absolute Gasteiger partial charge is 0.481 e. The number of carbonyl (C=O) groups is 1. The Bertz CT molecular complexity index is 759. The van der Waals surface area contributed by atoms with Crippen LogP contribution >= 0.6 is 0 Å². The first kappa shape index (κ1) is 17.1. The van der Waals surface area contributed by atoms with Crippen molar-refractivity contribution in [1.82, 2.24) is 20.3 Å². The van der Waals surface area contributed by atoms with Gasteiger partial charge in [-0.25, -0.2) is 15.0 Å². The second-order valence-electron chi connectivity index (χ2n) is 6.20. The predicted molar refractivity (Wildman–Crippen MR) is 90.9 cm³/mol. The zero-order valence-corrected chi connectivity index (χ0v) is 14.1. The van der Waals surface area contributed by atoms with Crippen molar-refractivity contribution in [2.75, 3.05) is 12.8 Å². The number of hydrogen-bond donors (Lipinski definition) is 3. The number of anilines is 1. The number of aliphatic hydroxyl groups is 1. The van der Waals surface area contributed by atoms with Gasteiger partial charge in [0.25, 0.3) is 5.91 Å². The monoisotopic (exact) mass is 343 g/mol. The molecule has 0 radical (unpaired) electrons. The van der Waals surface area contributed by atoms with Crippen molar-refractivity contribution in [3.05, 3.63) is 41.3 Å². The lowest BCUT2D eigenvalue weighted by molar-refractivity contribution is 0.0234. The van der Waals surface area contributed by atoms with Crippen LogP contribution in [0.5, 0.6) is 5.88 Å². The van der Waals surface area contributed by atoms with E-state index in [-0.39, 0.29) is 29.9 Å². The van der Waals surface area contributed by atoms with E-state index in [0.29, 0.717) is 30.0 Å². The first-order valence-corrected chi connectivity index (χ1v) is 8.06. The first-order chi connectivity index (χ1) is 12.0. The van der Waals surface area contributed by atoms with Crippen molar-refractivity contribution in [1.29, 1.82) is 0 Å². The van der Waals surface area contributed by atoms with Crippen LogP contribution in [0.3, 0.4) is 0 Å². The molecule has 1 atom stereocenters. The molecule has 1 fully saturated rings. The summed E-state index contributed by atoms with van der Waals surface area (Å²) in [7, 11) is 1.55. The summed E-state index contributed by atoms with van der Waals surface area (Å²) in [5.74, 6) is 0.501. The zero-order chi connectivity index (χ0) is 18.0. The number of hydrogen-bond acceptors (Lipinski definition) is 7. The summed E-state index contributed by atoms with van der Waals surface area (Å²) >= 11 is 0. The van der Waals surface area contributed by atoms with Gasteiger partial charge >= 0.3 is 0 Å². The summed E-state index contributed by atoms with van der Waals surface area (Å²) in [5, 5.41) is 12.7. The van der Waals surface area contributed by atoms with Crippen molar-refractivity contribution in [2.45, 2.75) is 31.9 Å². The van der Waals surface area contributed by atoms with Crippen LogP contribution in [-0.2, 0) is 0 Å². The molecule has 0 aliphatic heterocycles. The summed E-state index contributed by atoms with van der Waals surface area (Å²) in [5.41, 5.74) is 7.30. The fraction of sp³-hybridized carbons (Fsp3) is 0.412. The van der Waals surface area contributed by atoms with Crippen LogP contribution in [0.2, 0.25) is 0 Å². The number of ether oxygens (including phenoxy) is 1. The third-order valence-electron chi connectivity index (χ3n) is 4.48. The number of aryl methyl sites for hydroxylation is 1. The highest BCUT2D eigenvalue weighted by molar-refractivity contribution is 5.95. The Morgan fingerprint density at radius 1 is 1.36 bits per heavy atom. The molecule has 8 heteroatoms. The number of pyridine rings is 1. The number of carbonyl (C=O) groups excluding carboxylic acids is 1. The van der Waals surface area contributed by atoms with Crippen LogP contribution < -0.4 is 15.8 Å². The van der Waals surface area contributed by atoms with E-state index < -0.39 is 0 Å². The van der Waals surface area contributed by atoms with Crippen LogP contribution in [0.25, 0.3) is 0 Å². The molecule has 2 heterocycles. The maximum absolute atomic E-state index is 12.7. The summed E-state index contributed by atoms with van der Waals surface area (Å²) in [6.45, 7) is 1.71. The number of aliphatic hydroxyl groups excluding tert-OH is 1. The molecule has 8 nitrogen and oxygen atoms in total. The minimum Gasteiger partial charge on any atom is -0.481 e. The number of aromatic nitrogens is 3. The van der Waals surface area contributed by atoms with Gasteiger partial charge in [-0.3, -0.25) is 4.79 Å². The van der Waals surface area contributed by atoms with Crippen molar-refractivity contribution in [2.24, 2.45) is 5.92 Å². The van der Waals surface area contributed by atoms with E-state index in [1.165, 1.54) is 6.20 Å². The van der Waals surface area contributed by atoms with E-state index in [9.17, 15) is 9.90 Å². The zero-order valence-electron chi connectivity index (χ0n) is 14.1. The van der Waals surface area contributed by atoms with Crippen LogP contribution in [0.1, 0.15) is 40.5 Å². The van der Waals surface area contributed by atoms with E-state index in [2.05, 4.69) is 20.3 Å². The lowest BCUT2D eigenvalue weighted by Gasteiger charge is -2.38. The van der Waals surface area contributed by atoms with Gasteiger partial charge in [0, 0.05) is 18.5 Å².